The zero-order valence-corrected chi connectivity index (χ0v) is 13.0. The summed E-state index contributed by atoms with van der Waals surface area (Å²) >= 11 is 0. The molecule has 0 heterocycles. The minimum atomic E-state index is -0.843. The summed E-state index contributed by atoms with van der Waals surface area (Å²) in [6.07, 6.45) is 3.96. The zero-order valence-electron chi connectivity index (χ0n) is 13.0. The average molecular weight is 306 g/mol. The van der Waals surface area contributed by atoms with Gasteiger partial charge in [0.1, 0.15) is 5.82 Å². The average Bonchev–Trinajstić information content (AvgIpc) is 2.78. The summed E-state index contributed by atoms with van der Waals surface area (Å²) in [4.78, 5) is 12.7. The molecule has 5 heteroatoms. The first-order chi connectivity index (χ1) is 10.2. The Hall–Kier alpha value is -1.75. The minimum Gasteiger partial charge on any atom is -0.268 e. The number of allylic oxidation sites excluding steroid dienone is 1. The van der Waals surface area contributed by atoms with Crippen molar-refractivity contribution in [3.63, 3.8) is 0 Å². The number of halogens is 2. The number of carbonyl (C=O) groups excluding carboxylic acids is 1. The standard InChI is InChI=1S/C17H20F2N2O/c1-16(2)12-6-7-17(16,3)9-11(12)15(22)21(20)14-5-4-10(18)8-13(14)19/h4-5,8-9,12H,6-7,20H2,1-3H3/t12-,17?/m0/s1. The lowest BCUT2D eigenvalue weighted by Crippen LogP contribution is -2.40. The summed E-state index contributed by atoms with van der Waals surface area (Å²) in [6, 6.07) is 3.00. The number of amides is 1. The highest BCUT2D eigenvalue weighted by Gasteiger charge is 2.57. The topological polar surface area (TPSA) is 46.3 Å². The number of rotatable bonds is 2. The number of carbonyl (C=O) groups is 1. The van der Waals surface area contributed by atoms with E-state index in [0.29, 0.717) is 5.57 Å². The Labute approximate surface area is 128 Å². The third-order valence-corrected chi connectivity index (χ3v) is 5.78. The van der Waals surface area contributed by atoms with E-state index in [-0.39, 0.29) is 22.4 Å². The summed E-state index contributed by atoms with van der Waals surface area (Å²) in [5, 5.41) is 0.792. The number of nitrogens with zero attached hydrogens (tertiary/aromatic N) is 1. The molecule has 2 bridgehead atoms. The first-order valence-electron chi connectivity index (χ1n) is 7.44. The molecule has 2 atom stereocenters. The van der Waals surface area contributed by atoms with E-state index in [4.69, 9.17) is 5.84 Å². The van der Waals surface area contributed by atoms with E-state index in [1.807, 2.05) is 6.08 Å². The van der Waals surface area contributed by atoms with E-state index in [2.05, 4.69) is 20.8 Å². The number of hydrazine groups is 1. The quantitative estimate of drug-likeness (QED) is 0.516. The fourth-order valence-electron chi connectivity index (χ4n) is 3.91. The van der Waals surface area contributed by atoms with Gasteiger partial charge in [-0.2, -0.15) is 0 Å². The maximum Gasteiger partial charge on any atom is 0.268 e. The highest BCUT2D eigenvalue weighted by molar-refractivity contribution is 6.06. The van der Waals surface area contributed by atoms with Crippen molar-refractivity contribution in [3.8, 4) is 0 Å². The number of nitrogens with two attached hydrogens (primary N) is 1. The Morgan fingerprint density at radius 3 is 2.50 bits per heavy atom. The van der Waals surface area contributed by atoms with Crippen LogP contribution in [0.2, 0.25) is 0 Å². The highest BCUT2D eigenvalue weighted by atomic mass is 19.1. The summed E-state index contributed by atoms with van der Waals surface area (Å²) in [7, 11) is 0. The third-order valence-electron chi connectivity index (χ3n) is 5.78. The predicted molar refractivity (Wildman–Crippen MR) is 80.7 cm³/mol. The number of hydrogen-bond acceptors (Lipinski definition) is 2. The molecule has 0 spiro atoms. The van der Waals surface area contributed by atoms with Crippen molar-refractivity contribution < 1.29 is 13.6 Å². The Morgan fingerprint density at radius 1 is 1.32 bits per heavy atom. The molecule has 3 rings (SSSR count). The Kier molecular flexibility index (Phi) is 3.18. The van der Waals surface area contributed by atoms with Crippen molar-refractivity contribution >= 4 is 11.6 Å². The maximum atomic E-state index is 13.8. The second-order valence-electron chi connectivity index (χ2n) is 7.10. The molecule has 2 aliphatic carbocycles. The molecule has 0 aliphatic heterocycles. The Balaban J connectivity index is 1.93. The van der Waals surface area contributed by atoms with Crippen LogP contribution in [-0.2, 0) is 4.79 Å². The van der Waals surface area contributed by atoms with Crippen LogP contribution in [0.15, 0.2) is 29.8 Å². The zero-order chi connectivity index (χ0) is 16.3. The van der Waals surface area contributed by atoms with Crippen molar-refractivity contribution in [1.82, 2.24) is 0 Å². The van der Waals surface area contributed by atoms with E-state index in [9.17, 15) is 13.6 Å². The lowest BCUT2D eigenvalue weighted by Gasteiger charge is -2.34. The van der Waals surface area contributed by atoms with Gasteiger partial charge in [-0.15, -0.1) is 0 Å². The first kappa shape index (κ1) is 15.2. The van der Waals surface area contributed by atoms with Gasteiger partial charge in [-0.3, -0.25) is 4.79 Å². The van der Waals surface area contributed by atoms with Crippen molar-refractivity contribution in [3.05, 3.63) is 41.5 Å². The maximum absolute atomic E-state index is 13.8. The number of fused-ring (bicyclic) bond motifs is 2. The summed E-state index contributed by atoms with van der Waals surface area (Å²) in [6.45, 7) is 6.45. The van der Waals surface area contributed by atoms with Gasteiger partial charge in [-0.05, 0) is 41.7 Å². The number of hydrogen-bond donors (Lipinski definition) is 1. The van der Waals surface area contributed by atoms with Gasteiger partial charge >= 0.3 is 0 Å². The first-order valence-corrected chi connectivity index (χ1v) is 7.44. The van der Waals surface area contributed by atoms with Crippen LogP contribution in [0.4, 0.5) is 14.5 Å². The smallest absolute Gasteiger partial charge is 0.268 e. The molecule has 1 amide bonds. The molecular formula is C17H20F2N2O. The second-order valence-corrected chi connectivity index (χ2v) is 7.10. The van der Waals surface area contributed by atoms with Crippen LogP contribution >= 0.6 is 0 Å². The van der Waals surface area contributed by atoms with Crippen LogP contribution in [0.25, 0.3) is 0 Å². The Morgan fingerprint density at radius 2 is 2.00 bits per heavy atom. The highest BCUT2D eigenvalue weighted by Crippen LogP contribution is 2.64. The number of benzene rings is 1. The molecule has 2 aliphatic rings. The molecule has 1 saturated carbocycles. The van der Waals surface area contributed by atoms with Crippen LogP contribution in [0, 0.1) is 28.4 Å². The van der Waals surface area contributed by atoms with Gasteiger partial charge in [-0.25, -0.2) is 19.6 Å². The monoisotopic (exact) mass is 306 g/mol. The normalized spacial score (nSPS) is 28.6. The van der Waals surface area contributed by atoms with Crippen molar-refractivity contribution in [2.24, 2.45) is 22.6 Å². The molecule has 3 nitrogen and oxygen atoms in total. The lowest BCUT2D eigenvalue weighted by atomic mass is 9.70. The van der Waals surface area contributed by atoms with Gasteiger partial charge in [0, 0.05) is 11.6 Å². The van der Waals surface area contributed by atoms with E-state index < -0.39 is 17.5 Å². The SMILES string of the molecule is CC12C=C(C(=O)N(N)c3ccc(F)cc3F)[C@H](CC1)C2(C)C. The summed E-state index contributed by atoms with van der Waals surface area (Å²) in [5.41, 5.74) is 0.480. The molecule has 0 saturated heterocycles. The molecule has 1 fully saturated rings. The van der Waals surface area contributed by atoms with E-state index in [0.717, 1.165) is 30.0 Å². The van der Waals surface area contributed by atoms with E-state index >= 15 is 0 Å². The molecular weight excluding hydrogens is 286 g/mol. The molecule has 0 aromatic heterocycles. The largest absolute Gasteiger partial charge is 0.268 e. The molecule has 118 valence electrons. The molecule has 0 radical (unpaired) electrons. The van der Waals surface area contributed by atoms with Crippen LogP contribution in [-0.4, -0.2) is 5.91 Å². The van der Waals surface area contributed by atoms with Crippen LogP contribution in [0.5, 0.6) is 0 Å². The molecule has 1 unspecified atom stereocenters. The summed E-state index contributed by atoms with van der Waals surface area (Å²) < 4.78 is 26.8. The van der Waals surface area contributed by atoms with Crippen molar-refractivity contribution in [2.75, 3.05) is 5.01 Å². The lowest BCUT2D eigenvalue weighted by molar-refractivity contribution is -0.115. The molecule has 1 aromatic rings. The van der Waals surface area contributed by atoms with Crippen LogP contribution in [0.3, 0.4) is 0 Å². The van der Waals surface area contributed by atoms with Crippen molar-refractivity contribution in [1.29, 1.82) is 0 Å². The molecule has 1 aromatic carbocycles. The van der Waals surface area contributed by atoms with Gasteiger partial charge < -0.3 is 0 Å². The van der Waals surface area contributed by atoms with Gasteiger partial charge in [0.15, 0.2) is 5.82 Å². The molecule has 2 N–H and O–H groups in total. The van der Waals surface area contributed by atoms with Gasteiger partial charge in [0.05, 0.1) is 5.69 Å². The number of anilines is 1. The fraction of sp³-hybridized carbons (Fsp3) is 0.471. The van der Waals surface area contributed by atoms with Crippen LogP contribution < -0.4 is 10.9 Å². The van der Waals surface area contributed by atoms with Crippen LogP contribution in [0.1, 0.15) is 33.6 Å². The Bertz CT molecular complexity index is 683. The summed E-state index contributed by atoms with van der Waals surface area (Å²) in [5.74, 6) is 3.99. The van der Waals surface area contributed by atoms with Gasteiger partial charge in [0.2, 0.25) is 0 Å². The van der Waals surface area contributed by atoms with Crippen molar-refractivity contribution in [2.45, 2.75) is 33.6 Å². The van der Waals surface area contributed by atoms with E-state index in [1.54, 1.807) is 0 Å². The second kappa shape index (κ2) is 4.62. The van der Waals surface area contributed by atoms with Gasteiger partial charge in [-0.1, -0.05) is 26.8 Å². The molecule has 22 heavy (non-hydrogen) atoms. The fourth-order valence-corrected chi connectivity index (χ4v) is 3.91. The predicted octanol–water partition coefficient (Wildman–Crippen LogP) is 3.55. The van der Waals surface area contributed by atoms with E-state index in [1.165, 1.54) is 6.07 Å². The van der Waals surface area contributed by atoms with Gasteiger partial charge in [0.25, 0.3) is 5.91 Å². The third kappa shape index (κ3) is 1.92. The minimum absolute atomic E-state index is 0.0137.